The lowest BCUT2D eigenvalue weighted by molar-refractivity contribution is 0.103. The van der Waals surface area contributed by atoms with E-state index in [1.165, 1.54) is 25.7 Å². The topological polar surface area (TPSA) is 64.3 Å². The van der Waals surface area contributed by atoms with Crippen molar-refractivity contribution in [3.05, 3.63) is 10.8 Å². The molecule has 1 unspecified atom stereocenters. The fourth-order valence-corrected chi connectivity index (χ4v) is 3.88. The van der Waals surface area contributed by atoms with E-state index in [2.05, 4.69) is 20.6 Å². The molecule has 1 aliphatic heterocycles. The Morgan fingerprint density at radius 3 is 2.90 bits per heavy atom. The Balaban J connectivity index is 1.50. The Morgan fingerprint density at radius 1 is 1.20 bits per heavy atom. The summed E-state index contributed by atoms with van der Waals surface area (Å²) < 4.78 is 7.55. The molecule has 1 N–H and O–H groups in total. The quantitative estimate of drug-likeness (QED) is 0.935. The van der Waals surface area contributed by atoms with Crippen LogP contribution < -0.4 is 5.32 Å². The number of aromatic nitrogens is 4. The number of fused-ring (bicyclic) bond motifs is 1. The minimum atomic E-state index is 0.0720. The standard InChI is InChI=1S/C13H19N5OS/c1-2-5-9(4-1)14-8-11-17-18-12(10-6-3-7-19-10)15-16-13(18)20-11/h9-10,14H,1-8H2. The predicted octanol–water partition coefficient (Wildman–Crippen LogP) is 2.07. The lowest BCUT2D eigenvalue weighted by atomic mass is 10.2. The van der Waals surface area contributed by atoms with Crippen molar-refractivity contribution in [3.8, 4) is 0 Å². The second kappa shape index (κ2) is 5.38. The molecule has 1 saturated carbocycles. The predicted molar refractivity (Wildman–Crippen MR) is 75.7 cm³/mol. The molecule has 0 amide bonds. The number of rotatable bonds is 4. The van der Waals surface area contributed by atoms with Crippen LogP contribution in [0, 0.1) is 0 Å². The molecular formula is C13H19N5OS. The van der Waals surface area contributed by atoms with E-state index < -0.39 is 0 Å². The highest BCUT2D eigenvalue weighted by Crippen LogP contribution is 2.28. The summed E-state index contributed by atoms with van der Waals surface area (Å²) in [4.78, 5) is 0.874. The normalized spacial score (nSPS) is 24.1. The van der Waals surface area contributed by atoms with Gasteiger partial charge in [0.25, 0.3) is 0 Å². The minimum absolute atomic E-state index is 0.0720. The van der Waals surface area contributed by atoms with Gasteiger partial charge in [-0.05, 0) is 25.7 Å². The highest BCUT2D eigenvalue weighted by atomic mass is 32.1. The van der Waals surface area contributed by atoms with E-state index in [1.807, 2.05) is 4.52 Å². The third-order valence-corrected chi connectivity index (χ3v) is 5.07. The average Bonchev–Trinajstić information content (AvgIpc) is 3.20. The van der Waals surface area contributed by atoms with Gasteiger partial charge >= 0.3 is 0 Å². The summed E-state index contributed by atoms with van der Waals surface area (Å²) in [6, 6.07) is 0.669. The zero-order valence-corrected chi connectivity index (χ0v) is 12.2. The van der Waals surface area contributed by atoms with Gasteiger partial charge in [0.2, 0.25) is 4.96 Å². The molecule has 1 atom stereocenters. The van der Waals surface area contributed by atoms with Crippen molar-refractivity contribution < 1.29 is 4.74 Å². The Bertz CT molecular complexity index is 583. The Morgan fingerprint density at radius 2 is 2.10 bits per heavy atom. The summed E-state index contributed by atoms with van der Waals surface area (Å²) in [5, 5.41) is 17.8. The van der Waals surface area contributed by atoms with Crippen molar-refractivity contribution in [3.63, 3.8) is 0 Å². The second-order valence-electron chi connectivity index (χ2n) is 5.61. The molecule has 4 rings (SSSR count). The van der Waals surface area contributed by atoms with Gasteiger partial charge in [0.15, 0.2) is 5.82 Å². The number of nitrogens with one attached hydrogen (secondary N) is 1. The third-order valence-electron chi connectivity index (χ3n) is 4.17. The largest absolute Gasteiger partial charge is 0.370 e. The van der Waals surface area contributed by atoms with Gasteiger partial charge in [-0.2, -0.15) is 9.61 Å². The van der Waals surface area contributed by atoms with Crippen LogP contribution in [0.2, 0.25) is 0 Å². The van der Waals surface area contributed by atoms with Crippen LogP contribution in [-0.4, -0.2) is 32.5 Å². The van der Waals surface area contributed by atoms with Gasteiger partial charge in [0.1, 0.15) is 11.1 Å². The molecule has 2 aliphatic rings. The summed E-state index contributed by atoms with van der Waals surface area (Å²) in [5.74, 6) is 0.862. The number of ether oxygens (including phenoxy) is 1. The molecule has 2 aromatic rings. The van der Waals surface area contributed by atoms with Crippen LogP contribution in [0.25, 0.3) is 4.96 Å². The highest BCUT2D eigenvalue weighted by molar-refractivity contribution is 7.16. The van der Waals surface area contributed by atoms with Crippen molar-refractivity contribution in [2.45, 2.75) is 57.2 Å². The molecule has 2 fully saturated rings. The lowest BCUT2D eigenvalue weighted by Gasteiger charge is -2.09. The number of hydrogen-bond acceptors (Lipinski definition) is 6. The Labute approximate surface area is 121 Å². The minimum Gasteiger partial charge on any atom is -0.370 e. The molecule has 108 valence electrons. The molecule has 1 aliphatic carbocycles. The molecule has 0 aromatic carbocycles. The zero-order valence-electron chi connectivity index (χ0n) is 11.4. The van der Waals surface area contributed by atoms with Crippen LogP contribution in [0.15, 0.2) is 0 Å². The van der Waals surface area contributed by atoms with Crippen LogP contribution in [0.1, 0.15) is 55.5 Å². The van der Waals surface area contributed by atoms with Crippen molar-refractivity contribution in [1.82, 2.24) is 25.1 Å². The van der Waals surface area contributed by atoms with Crippen LogP contribution >= 0.6 is 11.3 Å². The van der Waals surface area contributed by atoms with Gasteiger partial charge in [0.05, 0.1) is 0 Å². The summed E-state index contributed by atoms with van der Waals surface area (Å²) in [5.41, 5.74) is 0. The summed E-state index contributed by atoms with van der Waals surface area (Å²) in [6.07, 6.45) is 7.49. The molecule has 3 heterocycles. The zero-order chi connectivity index (χ0) is 13.4. The van der Waals surface area contributed by atoms with Crippen molar-refractivity contribution in [2.75, 3.05) is 6.61 Å². The summed E-state index contributed by atoms with van der Waals surface area (Å²) in [6.45, 7) is 1.66. The fraction of sp³-hybridized carbons (Fsp3) is 0.769. The molecule has 2 aromatic heterocycles. The van der Waals surface area contributed by atoms with Gasteiger partial charge in [0, 0.05) is 19.2 Å². The van der Waals surface area contributed by atoms with Crippen LogP contribution in [0.4, 0.5) is 0 Å². The SMILES string of the molecule is C1CCC(NCc2nn3c(C4CCCO4)nnc3s2)C1. The Kier molecular flexibility index (Phi) is 3.41. The molecular weight excluding hydrogens is 274 g/mol. The van der Waals surface area contributed by atoms with Gasteiger partial charge < -0.3 is 10.1 Å². The first kappa shape index (κ1) is 12.7. The van der Waals surface area contributed by atoms with E-state index in [9.17, 15) is 0 Å². The first-order valence-corrected chi connectivity index (χ1v) is 8.28. The van der Waals surface area contributed by atoms with Crippen LogP contribution in [-0.2, 0) is 11.3 Å². The molecule has 7 heteroatoms. The number of nitrogens with zero attached hydrogens (tertiary/aromatic N) is 4. The first-order valence-electron chi connectivity index (χ1n) is 7.46. The smallest absolute Gasteiger partial charge is 0.234 e. The molecule has 0 bridgehead atoms. The fourth-order valence-electron chi connectivity index (χ4n) is 3.09. The van der Waals surface area contributed by atoms with Crippen molar-refractivity contribution in [2.24, 2.45) is 0 Å². The molecule has 0 spiro atoms. The summed E-state index contributed by atoms with van der Waals surface area (Å²) >= 11 is 1.62. The van der Waals surface area contributed by atoms with Crippen LogP contribution in [0.5, 0.6) is 0 Å². The van der Waals surface area contributed by atoms with Gasteiger partial charge in [-0.1, -0.05) is 24.2 Å². The van der Waals surface area contributed by atoms with Crippen molar-refractivity contribution >= 4 is 16.3 Å². The first-order chi connectivity index (χ1) is 9.90. The number of hydrogen-bond donors (Lipinski definition) is 1. The van der Waals surface area contributed by atoms with Gasteiger partial charge in [-0.15, -0.1) is 10.2 Å². The van der Waals surface area contributed by atoms with Gasteiger partial charge in [-0.25, -0.2) is 0 Å². The van der Waals surface area contributed by atoms with E-state index in [-0.39, 0.29) is 6.10 Å². The highest BCUT2D eigenvalue weighted by Gasteiger charge is 2.25. The van der Waals surface area contributed by atoms with Crippen LogP contribution in [0.3, 0.4) is 0 Å². The van der Waals surface area contributed by atoms with E-state index in [0.717, 1.165) is 41.8 Å². The molecule has 0 radical (unpaired) electrons. The van der Waals surface area contributed by atoms with E-state index in [4.69, 9.17) is 4.74 Å². The Hall–Kier alpha value is -1.05. The maximum Gasteiger partial charge on any atom is 0.234 e. The van der Waals surface area contributed by atoms with E-state index in [1.54, 1.807) is 11.3 Å². The second-order valence-corrected chi connectivity index (χ2v) is 6.65. The third kappa shape index (κ3) is 2.34. The monoisotopic (exact) mass is 293 g/mol. The molecule has 20 heavy (non-hydrogen) atoms. The molecule has 6 nitrogen and oxygen atoms in total. The molecule has 1 saturated heterocycles. The van der Waals surface area contributed by atoms with E-state index in [0.29, 0.717) is 6.04 Å². The maximum absolute atomic E-state index is 5.68. The van der Waals surface area contributed by atoms with Gasteiger partial charge in [-0.3, -0.25) is 0 Å². The maximum atomic E-state index is 5.68. The average molecular weight is 293 g/mol. The summed E-state index contributed by atoms with van der Waals surface area (Å²) in [7, 11) is 0. The van der Waals surface area contributed by atoms with E-state index >= 15 is 0 Å². The van der Waals surface area contributed by atoms with Crippen molar-refractivity contribution in [1.29, 1.82) is 0 Å². The lowest BCUT2D eigenvalue weighted by Crippen LogP contribution is -2.25.